The molecule has 0 amide bonds. The summed E-state index contributed by atoms with van der Waals surface area (Å²) in [6.45, 7) is 5.53. The largest absolute Gasteiger partial charge is 0.243 e. The molecule has 1 aliphatic rings. The van der Waals surface area contributed by atoms with E-state index in [1.165, 1.54) is 0 Å². The predicted molar refractivity (Wildman–Crippen MR) is 85.4 cm³/mol. The third-order valence-electron chi connectivity index (χ3n) is 3.68. The summed E-state index contributed by atoms with van der Waals surface area (Å²) in [7, 11) is -3.34. The number of rotatable bonds is 4. The molecule has 0 saturated carbocycles. The third kappa shape index (κ3) is 3.57. The maximum absolute atomic E-state index is 12.8. The highest BCUT2D eigenvalue weighted by atomic mass is 32.2. The van der Waals surface area contributed by atoms with E-state index in [9.17, 15) is 8.42 Å². The van der Waals surface area contributed by atoms with Gasteiger partial charge in [0, 0.05) is 18.8 Å². The SMILES string of the molecule is CSCc1cccc(S(=O)(=O)N2C[C@H](C)C[C@H](C)C2)c1. The molecule has 0 unspecified atom stereocenters. The van der Waals surface area contributed by atoms with Crippen molar-refractivity contribution in [2.24, 2.45) is 11.8 Å². The Morgan fingerprint density at radius 1 is 1.25 bits per heavy atom. The average Bonchev–Trinajstić information content (AvgIpc) is 2.38. The molecule has 1 aliphatic heterocycles. The highest BCUT2D eigenvalue weighted by molar-refractivity contribution is 7.97. The third-order valence-corrected chi connectivity index (χ3v) is 6.13. The minimum absolute atomic E-state index is 0.433. The van der Waals surface area contributed by atoms with Gasteiger partial charge in [0.15, 0.2) is 0 Å². The predicted octanol–water partition coefficient (Wildman–Crippen LogP) is 3.22. The standard InChI is InChI=1S/C15H23NO2S2/c1-12-7-13(2)10-16(9-12)20(17,18)15-6-4-5-14(8-15)11-19-3/h4-6,8,12-13H,7,9-11H2,1-3H3/t12-,13+. The summed E-state index contributed by atoms with van der Waals surface area (Å²) < 4.78 is 27.2. The van der Waals surface area contributed by atoms with Crippen LogP contribution in [0.4, 0.5) is 0 Å². The molecule has 1 aromatic carbocycles. The van der Waals surface area contributed by atoms with Gasteiger partial charge < -0.3 is 0 Å². The van der Waals surface area contributed by atoms with Crippen LogP contribution in [0.3, 0.4) is 0 Å². The summed E-state index contributed by atoms with van der Waals surface area (Å²) in [5.74, 6) is 1.71. The maximum atomic E-state index is 12.8. The lowest BCUT2D eigenvalue weighted by atomic mass is 9.94. The van der Waals surface area contributed by atoms with Gasteiger partial charge in [-0.1, -0.05) is 26.0 Å². The minimum Gasteiger partial charge on any atom is -0.207 e. The van der Waals surface area contributed by atoms with Crippen molar-refractivity contribution in [3.63, 3.8) is 0 Å². The number of thioether (sulfide) groups is 1. The molecule has 0 N–H and O–H groups in total. The summed E-state index contributed by atoms with van der Waals surface area (Å²) in [4.78, 5) is 0.436. The van der Waals surface area contributed by atoms with Crippen molar-refractivity contribution < 1.29 is 8.42 Å². The Labute approximate surface area is 126 Å². The van der Waals surface area contributed by atoms with Crippen LogP contribution in [0.15, 0.2) is 29.2 Å². The van der Waals surface area contributed by atoms with Crippen LogP contribution in [0.5, 0.6) is 0 Å². The van der Waals surface area contributed by atoms with Gasteiger partial charge in [-0.15, -0.1) is 0 Å². The van der Waals surface area contributed by atoms with E-state index in [2.05, 4.69) is 13.8 Å². The molecule has 1 heterocycles. The van der Waals surface area contributed by atoms with E-state index in [1.54, 1.807) is 22.1 Å². The molecule has 2 atom stereocenters. The van der Waals surface area contributed by atoms with Gasteiger partial charge >= 0.3 is 0 Å². The lowest BCUT2D eigenvalue weighted by Crippen LogP contribution is -2.42. The van der Waals surface area contributed by atoms with E-state index >= 15 is 0 Å². The lowest BCUT2D eigenvalue weighted by Gasteiger charge is -2.34. The molecule has 0 radical (unpaired) electrons. The van der Waals surface area contributed by atoms with Crippen LogP contribution in [0, 0.1) is 11.8 Å². The molecule has 20 heavy (non-hydrogen) atoms. The van der Waals surface area contributed by atoms with Gasteiger partial charge in [0.2, 0.25) is 10.0 Å². The molecule has 1 saturated heterocycles. The van der Waals surface area contributed by atoms with Crippen molar-refractivity contribution in [3.8, 4) is 0 Å². The van der Waals surface area contributed by atoms with Gasteiger partial charge in [0.1, 0.15) is 0 Å². The Morgan fingerprint density at radius 3 is 2.50 bits per heavy atom. The van der Waals surface area contributed by atoms with E-state index in [0.717, 1.165) is 17.7 Å². The lowest BCUT2D eigenvalue weighted by molar-refractivity contribution is 0.222. The molecule has 2 rings (SSSR count). The second kappa shape index (κ2) is 6.50. The van der Waals surface area contributed by atoms with Crippen molar-refractivity contribution in [2.75, 3.05) is 19.3 Å². The smallest absolute Gasteiger partial charge is 0.207 e. The Bertz CT molecular complexity index is 547. The van der Waals surface area contributed by atoms with Crippen molar-refractivity contribution in [3.05, 3.63) is 29.8 Å². The van der Waals surface area contributed by atoms with Crippen LogP contribution in [0.2, 0.25) is 0 Å². The normalized spacial score (nSPS) is 24.8. The monoisotopic (exact) mass is 313 g/mol. The number of hydrogen-bond acceptors (Lipinski definition) is 3. The van der Waals surface area contributed by atoms with Gasteiger partial charge in [-0.2, -0.15) is 16.1 Å². The van der Waals surface area contributed by atoms with Gasteiger partial charge in [-0.3, -0.25) is 0 Å². The Balaban J connectivity index is 2.27. The van der Waals surface area contributed by atoms with E-state index in [0.29, 0.717) is 29.8 Å². The van der Waals surface area contributed by atoms with Crippen molar-refractivity contribution in [1.29, 1.82) is 0 Å². The van der Waals surface area contributed by atoms with Crippen molar-refractivity contribution in [2.45, 2.75) is 30.9 Å². The molecule has 1 fully saturated rings. The van der Waals surface area contributed by atoms with Gasteiger partial charge in [0.05, 0.1) is 4.90 Å². The number of sulfonamides is 1. The fraction of sp³-hybridized carbons (Fsp3) is 0.600. The second-order valence-electron chi connectivity index (χ2n) is 5.85. The van der Waals surface area contributed by atoms with Crippen LogP contribution in [-0.2, 0) is 15.8 Å². The van der Waals surface area contributed by atoms with Gasteiger partial charge in [-0.05, 0) is 42.2 Å². The summed E-state index contributed by atoms with van der Waals surface area (Å²) in [6, 6.07) is 7.35. The summed E-state index contributed by atoms with van der Waals surface area (Å²) in [6.07, 6.45) is 3.13. The highest BCUT2D eigenvalue weighted by Gasteiger charge is 2.31. The van der Waals surface area contributed by atoms with Crippen LogP contribution in [0.25, 0.3) is 0 Å². The maximum Gasteiger partial charge on any atom is 0.243 e. The fourth-order valence-electron chi connectivity index (χ4n) is 2.91. The topological polar surface area (TPSA) is 37.4 Å². The number of nitrogens with zero attached hydrogens (tertiary/aromatic N) is 1. The van der Waals surface area contributed by atoms with E-state index in [4.69, 9.17) is 0 Å². The summed E-state index contributed by atoms with van der Waals surface area (Å²) in [5.41, 5.74) is 1.07. The molecule has 5 heteroatoms. The van der Waals surface area contributed by atoms with Gasteiger partial charge in [0.25, 0.3) is 0 Å². The molecule has 0 aliphatic carbocycles. The Morgan fingerprint density at radius 2 is 1.90 bits per heavy atom. The molecular formula is C15H23NO2S2. The van der Waals surface area contributed by atoms with Crippen LogP contribution >= 0.6 is 11.8 Å². The number of hydrogen-bond donors (Lipinski definition) is 0. The first-order valence-electron chi connectivity index (χ1n) is 7.01. The summed E-state index contributed by atoms with van der Waals surface area (Å²) in [5, 5.41) is 0. The highest BCUT2D eigenvalue weighted by Crippen LogP contribution is 2.27. The molecule has 0 bridgehead atoms. The molecule has 0 aromatic heterocycles. The van der Waals surface area contributed by atoms with Crippen LogP contribution in [-0.4, -0.2) is 32.1 Å². The molecule has 0 spiro atoms. The number of piperidine rings is 1. The van der Waals surface area contributed by atoms with E-state index in [1.807, 2.05) is 24.5 Å². The summed E-state index contributed by atoms with van der Waals surface area (Å²) >= 11 is 1.70. The molecule has 1 aromatic rings. The van der Waals surface area contributed by atoms with Crippen molar-refractivity contribution >= 4 is 21.8 Å². The Hall–Kier alpha value is -0.520. The van der Waals surface area contributed by atoms with Crippen LogP contribution in [0.1, 0.15) is 25.8 Å². The van der Waals surface area contributed by atoms with E-state index < -0.39 is 10.0 Å². The zero-order chi connectivity index (χ0) is 14.8. The molecular weight excluding hydrogens is 290 g/mol. The fourth-order valence-corrected chi connectivity index (χ4v) is 5.18. The second-order valence-corrected chi connectivity index (χ2v) is 8.65. The number of benzene rings is 1. The zero-order valence-corrected chi connectivity index (χ0v) is 14.0. The first-order valence-corrected chi connectivity index (χ1v) is 9.85. The first-order chi connectivity index (χ1) is 9.43. The molecule has 3 nitrogen and oxygen atoms in total. The van der Waals surface area contributed by atoms with Gasteiger partial charge in [-0.25, -0.2) is 8.42 Å². The average molecular weight is 313 g/mol. The quantitative estimate of drug-likeness (QED) is 0.856. The van der Waals surface area contributed by atoms with Crippen molar-refractivity contribution in [1.82, 2.24) is 4.31 Å². The van der Waals surface area contributed by atoms with E-state index in [-0.39, 0.29) is 0 Å². The zero-order valence-electron chi connectivity index (χ0n) is 12.4. The Kier molecular flexibility index (Phi) is 5.15. The first kappa shape index (κ1) is 15.9. The minimum atomic E-state index is -3.34. The molecule has 112 valence electrons. The van der Waals surface area contributed by atoms with Crippen LogP contribution < -0.4 is 0 Å².